The van der Waals surface area contributed by atoms with Gasteiger partial charge >= 0.3 is 5.97 Å². The van der Waals surface area contributed by atoms with Crippen LogP contribution in [0.25, 0.3) is 0 Å². The first-order valence-electron chi connectivity index (χ1n) is 8.25. The summed E-state index contributed by atoms with van der Waals surface area (Å²) in [6.45, 7) is 8.15. The predicted molar refractivity (Wildman–Crippen MR) is 88.4 cm³/mol. The van der Waals surface area contributed by atoms with Gasteiger partial charge in [0, 0.05) is 11.6 Å². The second-order valence-electron chi connectivity index (χ2n) is 7.03. The highest BCUT2D eigenvalue weighted by Gasteiger charge is 2.33. The first kappa shape index (κ1) is 17.4. The maximum Gasteiger partial charge on any atom is 0.338 e. The van der Waals surface area contributed by atoms with E-state index in [9.17, 15) is 14.9 Å². The maximum atomic E-state index is 12.4. The van der Waals surface area contributed by atoms with Crippen LogP contribution in [0.3, 0.4) is 0 Å². The minimum Gasteiger partial charge on any atom is -0.458 e. The Morgan fingerprint density at radius 2 is 2.04 bits per heavy atom. The predicted octanol–water partition coefficient (Wildman–Crippen LogP) is 4.52. The van der Waals surface area contributed by atoms with Crippen LogP contribution in [0.1, 0.15) is 56.0 Å². The Morgan fingerprint density at radius 1 is 1.35 bits per heavy atom. The van der Waals surface area contributed by atoms with Gasteiger partial charge in [0.1, 0.15) is 6.10 Å². The Morgan fingerprint density at radius 3 is 2.61 bits per heavy atom. The summed E-state index contributed by atoms with van der Waals surface area (Å²) in [7, 11) is 0. The lowest BCUT2D eigenvalue weighted by molar-refractivity contribution is -0.385. The topological polar surface area (TPSA) is 69.4 Å². The summed E-state index contributed by atoms with van der Waals surface area (Å²) in [5.41, 5.74) is 0.878. The summed E-state index contributed by atoms with van der Waals surface area (Å²) in [4.78, 5) is 22.8. The molecule has 0 spiro atoms. The van der Waals surface area contributed by atoms with Gasteiger partial charge in [-0.25, -0.2) is 4.79 Å². The maximum absolute atomic E-state index is 12.4. The van der Waals surface area contributed by atoms with E-state index in [4.69, 9.17) is 4.74 Å². The number of carbonyl (C=O) groups is 1. The van der Waals surface area contributed by atoms with Crippen molar-refractivity contribution in [3.05, 3.63) is 39.4 Å². The molecular formula is C18H25NO4. The zero-order valence-corrected chi connectivity index (χ0v) is 14.2. The Bertz CT molecular complexity index is 597. The van der Waals surface area contributed by atoms with Crippen LogP contribution in [-0.2, 0) is 4.74 Å². The Hall–Kier alpha value is -1.91. The monoisotopic (exact) mass is 319 g/mol. The fourth-order valence-electron chi connectivity index (χ4n) is 3.44. The van der Waals surface area contributed by atoms with Gasteiger partial charge < -0.3 is 4.74 Å². The molecule has 0 aliphatic heterocycles. The van der Waals surface area contributed by atoms with Crippen LogP contribution in [0, 0.1) is 34.8 Å². The van der Waals surface area contributed by atoms with Crippen LogP contribution in [0.2, 0.25) is 0 Å². The highest BCUT2D eigenvalue weighted by atomic mass is 16.6. The summed E-state index contributed by atoms with van der Waals surface area (Å²) in [5.74, 6) is 1.03. The van der Waals surface area contributed by atoms with E-state index >= 15 is 0 Å². The average molecular weight is 319 g/mol. The third-order valence-corrected chi connectivity index (χ3v) is 4.85. The lowest BCUT2D eigenvalue weighted by Crippen LogP contribution is -2.35. The van der Waals surface area contributed by atoms with Crippen molar-refractivity contribution in [3.8, 4) is 0 Å². The molecule has 0 radical (unpaired) electrons. The summed E-state index contributed by atoms with van der Waals surface area (Å²) < 4.78 is 5.77. The Labute approximate surface area is 137 Å². The van der Waals surface area contributed by atoms with Crippen molar-refractivity contribution in [1.29, 1.82) is 0 Å². The standard InChI is InChI=1S/C18H25NO4/c1-11(2)15-7-5-12(3)9-17(15)23-18(20)14-6-8-16(19(21)22)13(4)10-14/h6,8,10-12,15,17H,5,7,9H2,1-4H3/t12-,15+,17+/m0/s1. The quantitative estimate of drug-likeness (QED) is 0.465. The van der Waals surface area contributed by atoms with Gasteiger partial charge in [-0.2, -0.15) is 0 Å². The molecule has 0 amide bonds. The molecule has 5 nitrogen and oxygen atoms in total. The van der Waals surface area contributed by atoms with E-state index in [1.54, 1.807) is 6.92 Å². The molecule has 23 heavy (non-hydrogen) atoms. The highest BCUT2D eigenvalue weighted by Crippen LogP contribution is 2.35. The lowest BCUT2D eigenvalue weighted by atomic mass is 9.75. The van der Waals surface area contributed by atoms with Gasteiger partial charge in [-0.05, 0) is 49.7 Å². The van der Waals surface area contributed by atoms with Gasteiger partial charge in [0.25, 0.3) is 5.69 Å². The molecule has 0 N–H and O–H groups in total. The zero-order chi connectivity index (χ0) is 17.1. The van der Waals surface area contributed by atoms with Crippen LogP contribution >= 0.6 is 0 Å². The second kappa shape index (κ2) is 7.11. The zero-order valence-electron chi connectivity index (χ0n) is 14.2. The molecule has 126 valence electrons. The Kier molecular flexibility index (Phi) is 5.39. The van der Waals surface area contributed by atoms with Gasteiger partial charge in [-0.3, -0.25) is 10.1 Å². The minimum absolute atomic E-state index is 0.0212. The Balaban J connectivity index is 2.13. The van der Waals surface area contributed by atoms with Crippen molar-refractivity contribution in [2.24, 2.45) is 17.8 Å². The minimum atomic E-state index is -0.442. The second-order valence-corrected chi connectivity index (χ2v) is 7.03. The number of aryl methyl sites for hydroxylation is 1. The van der Waals surface area contributed by atoms with E-state index in [-0.39, 0.29) is 17.8 Å². The van der Waals surface area contributed by atoms with Gasteiger partial charge in [-0.1, -0.05) is 27.2 Å². The van der Waals surface area contributed by atoms with Crippen LogP contribution in [0.4, 0.5) is 5.69 Å². The van der Waals surface area contributed by atoms with E-state index in [1.165, 1.54) is 24.6 Å². The first-order chi connectivity index (χ1) is 10.8. The molecule has 1 aromatic rings. The molecule has 2 rings (SSSR count). The van der Waals surface area contributed by atoms with Crippen LogP contribution < -0.4 is 0 Å². The number of nitrogens with zero attached hydrogens (tertiary/aromatic N) is 1. The van der Waals surface area contributed by atoms with Crippen LogP contribution in [0.15, 0.2) is 18.2 Å². The molecule has 1 aliphatic rings. The number of ether oxygens (including phenoxy) is 1. The smallest absolute Gasteiger partial charge is 0.338 e. The van der Waals surface area contributed by atoms with Gasteiger partial charge in [-0.15, -0.1) is 0 Å². The van der Waals surface area contributed by atoms with Crippen molar-refractivity contribution in [1.82, 2.24) is 0 Å². The first-order valence-corrected chi connectivity index (χ1v) is 8.25. The van der Waals surface area contributed by atoms with E-state index in [1.807, 2.05) is 0 Å². The van der Waals surface area contributed by atoms with E-state index in [2.05, 4.69) is 20.8 Å². The van der Waals surface area contributed by atoms with Crippen molar-refractivity contribution in [2.45, 2.75) is 53.1 Å². The highest BCUT2D eigenvalue weighted by molar-refractivity contribution is 5.90. The van der Waals surface area contributed by atoms with E-state index in [0.29, 0.717) is 28.9 Å². The molecule has 3 atom stereocenters. The molecule has 5 heteroatoms. The van der Waals surface area contributed by atoms with Crippen LogP contribution in [-0.4, -0.2) is 17.0 Å². The number of carbonyl (C=O) groups excluding carboxylic acids is 1. The summed E-state index contributed by atoms with van der Waals surface area (Å²) in [6, 6.07) is 4.39. The molecule has 0 unspecified atom stereocenters. The number of rotatable bonds is 4. The van der Waals surface area contributed by atoms with Crippen LogP contribution in [0.5, 0.6) is 0 Å². The number of benzene rings is 1. The molecule has 0 aromatic heterocycles. The van der Waals surface area contributed by atoms with Gasteiger partial charge in [0.15, 0.2) is 0 Å². The fourth-order valence-corrected chi connectivity index (χ4v) is 3.44. The summed E-state index contributed by atoms with van der Waals surface area (Å²) in [6.07, 6.45) is 3.08. The largest absolute Gasteiger partial charge is 0.458 e. The fraction of sp³-hybridized carbons (Fsp3) is 0.611. The molecule has 1 aromatic carbocycles. The number of hydrogen-bond acceptors (Lipinski definition) is 4. The van der Waals surface area contributed by atoms with Crippen molar-refractivity contribution < 1.29 is 14.5 Å². The van der Waals surface area contributed by atoms with E-state index < -0.39 is 4.92 Å². The molecule has 0 bridgehead atoms. The third-order valence-electron chi connectivity index (χ3n) is 4.85. The molecule has 1 aliphatic carbocycles. The van der Waals surface area contributed by atoms with Crippen molar-refractivity contribution >= 4 is 11.7 Å². The normalized spacial score (nSPS) is 24.5. The average Bonchev–Trinajstić information content (AvgIpc) is 2.46. The third kappa shape index (κ3) is 4.09. The molecular weight excluding hydrogens is 294 g/mol. The molecule has 1 fully saturated rings. The molecule has 0 heterocycles. The SMILES string of the molecule is Cc1cc(C(=O)O[C@@H]2C[C@@H](C)CC[C@@H]2C(C)C)ccc1[N+](=O)[O-]. The summed E-state index contributed by atoms with van der Waals surface area (Å²) >= 11 is 0. The summed E-state index contributed by atoms with van der Waals surface area (Å²) in [5, 5.41) is 10.9. The number of hydrogen-bond donors (Lipinski definition) is 0. The molecule has 1 saturated carbocycles. The van der Waals surface area contributed by atoms with Gasteiger partial charge in [0.2, 0.25) is 0 Å². The molecule has 0 saturated heterocycles. The van der Waals surface area contributed by atoms with Crippen molar-refractivity contribution in [2.75, 3.05) is 0 Å². The van der Waals surface area contributed by atoms with Gasteiger partial charge in [0.05, 0.1) is 10.5 Å². The van der Waals surface area contributed by atoms with Crippen molar-refractivity contribution in [3.63, 3.8) is 0 Å². The number of esters is 1. The van der Waals surface area contributed by atoms with E-state index in [0.717, 1.165) is 12.8 Å². The number of nitro benzene ring substituents is 1. The lowest BCUT2D eigenvalue weighted by Gasteiger charge is -2.36. The number of nitro groups is 1.